The number of amides is 1. The minimum atomic E-state index is -1.65. The van der Waals surface area contributed by atoms with Crippen molar-refractivity contribution < 1.29 is 28.7 Å². The molecule has 0 aromatic carbocycles. The summed E-state index contributed by atoms with van der Waals surface area (Å²) in [5.41, 5.74) is 4.37. The summed E-state index contributed by atoms with van der Waals surface area (Å²) in [5, 5.41) is 11.5. The number of fused-ring (bicyclic) bond motifs is 1. The summed E-state index contributed by atoms with van der Waals surface area (Å²) in [4.78, 5) is 24.6. The fourth-order valence-corrected chi connectivity index (χ4v) is 2.67. The molecule has 8 heteroatoms. The third kappa shape index (κ3) is 2.00. The number of nitrogens with zero attached hydrogens (tertiary/aromatic N) is 2. The number of carboxylic acids is 1. The molecule has 1 saturated heterocycles. The summed E-state index contributed by atoms with van der Waals surface area (Å²) >= 11 is 0. The van der Waals surface area contributed by atoms with Crippen LogP contribution in [-0.2, 0) is 25.6 Å². The first-order chi connectivity index (χ1) is 10.5. The fourth-order valence-electron chi connectivity index (χ4n) is 2.67. The van der Waals surface area contributed by atoms with Gasteiger partial charge in [0.25, 0.3) is 5.91 Å². The molecule has 3 rings (SSSR count). The highest BCUT2D eigenvalue weighted by Gasteiger charge is 2.63. The van der Waals surface area contributed by atoms with Crippen molar-refractivity contribution in [3.8, 4) is 0 Å². The molecule has 1 aromatic heterocycles. The maximum atomic E-state index is 12.1. The van der Waals surface area contributed by atoms with Crippen LogP contribution in [0.1, 0.15) is 0 Å². The Morgan fingerprint density at radius 2 is 2.23 bits per heavy atom. The van der Waals surface area contributed by atoms with Gasteiger partial charge in [-0.15, -0.1) is 0 Å². The van der Waals surface area contributed by atoms with Gasteiger partial charge in [0.15, 0.2) is 25.2 Å². The summed E-state index contributed by atoms with van der Waals surface area (Å²) in [5.74, 6) is -2.10. The molecule has 0 bridgehead atoms. The van der Waals surface area contributed by atoms with E-state index in [4.69, 9.17) is 15.2 Å². The molecule has 116 valence electrons. The zero-order valence-corrected chi connectivity index (χ0v) is 11.9. The smallest absolute Gasteiger partial charge is 0.281 e. The summed E-state index contributed by atoms with van der Waals surface area (Å²) < 4.78 is 12.2. The van der Waals surface area contributed by atoms with Crippen LogP contribution < -0.4 is 15.4 Å². The number of carbonyl (C=O) groups excluding carboxylic acids is 2. The van der Waals surface area contributed by atoms with Crippen molar-refractivity contribution in [2.45, 2.75) is 18.5 Å². The molecule has 0 unspecified atom stereocenters. The van der Waals surface area contributed by atoms with Gasteiger partial charge < -0.3 is 19.4 Å². The van der Waals surface area contributed by atoms with Crippen molar-refractivity contribution in [3.63, 3.8) is 0 Å². The number of carboxylic acid groups (broad SMARTS) is 1. The summed E-state index contributed by atoms with van der Waals surface area (Å²) in [6.45, 7) is 0.299. The van der Waals surface area contributed by atoms with E-state index in [1.807, 2.05) is 18.2 Å². The van der Waals surface area contributed by atoms with Crippen molar-refractivity contribution in [2.24, 2.45) is 5.73 Å². The maximum Gasteiger partial charge on any atom is 0.281 e. The van der Waals surface area contributed by atoms with E-state index in [2.05, 4.69) is 0 Å². The predicted molar refractivity (Wildman–Crippen MR) is 69.2 cm³/mol. The first-order valence-electron chi connectivity index (χ1n) is 6.65. The van der Waals surface area contributed by atoms with Crippen molar-refractivity contribution in [2.75, 3.05) is 13.7 Å². The van der Waals surface area contributed by atoms with Crippen molar-refractivity contribution >= 4 is 11.9 Å². The van der Waals surface area contributed by atoms with Crippen LogP contribution in [0.25, 0.3) is 0 Å². The Labute approximate surface area is 126 Å². The van der Waals surface area contributed by atoms with Crippen molar-refractivity contribution in [1.29, 1.82) is 0 Å². The summed E-state index contributed by atoms with van der Waals surface area (Å²) in [6.07, 6.45) is 2.61. The monoisotopic (exact) mass is 305 g/mol. The van der Waals surface area contributed by atoms with E-state index in [0.29, 0.717) is 5.57 Å². The van der Waals surface area contributed by atoms with Crippen LogP contribution in [0.5, 0.6) is 0 Å². The first kappa shape index (κ1) is 14.6. The fraction of sp³-hybridized carbons (Fsp3) is 0.357. The van der Waals surface area contributed by atoms with Crippen LogP contribution in [0, 0.1) is 0 Å². The van der Waals surface area contributed by atoms with Gasteiger partial charge in [0.2, 0.25) is 5.72 Å². The highest BCUT2D eigenvalue weighted by atomic mass is 16.6. The van der Waals surface area contributed by atoms with Gasteiger partial charge in [0.1, 0.15) is 0 Å². The molecule has 2 aliphatic rings. The van der Waals surface area contributed by atoms with Crippen LogP contribution in [0.4, 0.5) is 0 Å². The molecule has 8 nitrogen and oxygen atoms in total. The highest BCUT2D eigenvalue weighted by Crippen LogP contribution is 2.38. The third-order valence-corrected chi connectivity index (χ3v) is 3.83. The molecule has 2 N–H and O–H groups in total. The number of aliphatic carboxylic acids is 1. The third-order valence-electron chi connectivity index (χ3n) is 3.83. The molecule has 0 aliphatic carbocycles. The summed E-state index contributed by atoms with van der Waals surface area (Å²) in [6, 6.07) is 5.48. The normalized spacial score (nSPS) is 27.5. The average molecular weight is 305 g/mol. The number of pyridine rings is 1. The van der Waals surface area contributed by atoms with Gasteiger partial charge in [-0.2, -0.15) is 0 Å². The zero-order valence-electron chi connectivity index (χ0n) is 11.9. The first-order valence-corrected chi connectivity index (χ1v) is 6.65. The Kier molecular flexibility index (Phi) is 3.44. The lowest BCUT2D eigenvalue weighted by Crippen LogP contribution is -2.81. The van der Waals surface area contributed by atoms with E-state index in [9.17, 15) is 14.7 Å². The maximum absolute atomic E-state index is 12.1. The van der Waals surface area contributed by atoms with Gasteiger partial charge in [-0.3, -0.25) is 15.4 Å². The second-order valence-corrected chi connectivity index (χ2v) is 5.12. The van der Waals surface area contributed by atoms with Gasteiger partial charge in [0.05, 0.1) is 18.3 Å². The number of ether oxygens (including phenoxy) is 2. The molecule has 2 aliphatic heterocycles. The van der Waals surface area contributed by atoms with Crippen LogP contribution >= 0.6 is 0 Å². The van der Waals surface area contributed by atoms with Crippen LogP contribution in [0.3, 0.4) is 0 Å². The number of aromatic nitrogens is 1. The van der Waals surface area contributed by atoms with E-state index in [1.165, 1.54) is 7.11 Å². The zero-order chi connectivity index (χ0) is 15.9. The lowest BCUT2D eigenvalue weighted by Gasteiger charge is -2.54. The standard InChI is InChI=1S/C14H15N3O5/c1-21-14(15)12(20)17-10(11(18)19)9(8-22-13(14)17)7-16-5-3-2-4-6-16/h2-6,13H,7-8,15H2,1H3/t13-,14-/m1/s1. The predicted octanol–water partition coefficient (Wildman–Crippen LogP) is -2.52. The lowest BCUT2D eigenvalue weighted by atomic mass is 9.95. The molecule has 1 amide bonds. The number of hydrogen-bond acceptors (Lipinski definition) is 6. The summed E-state index contributed by atoms with van der Waals surface area (Å²) in [7, 11) is 1.27. The average Bonchev–Trinajstić information content (AvgIpc) is 2.53. The van der Waals surface area contributed by atoms with E-state index in [0.717, 1.165) is 4.90 Å². The van der Waals surface area contributed by atoms with E-state index >= 15 is 0 Å². The SMILES string of the molecule is CO[C@]1(N)C(=O)N2C(C(=O)[O-])=C(C[n+]3ccccc3)CO[C@@H]21. The molecule has 0 spiro atoms. The number of nitrogens with two attached hydrogens (primary N) is 1. The van der Waals surface area contributed by atoms with Gasteiger partial charge in [-0.05, 0) is 0 Å². The van der Waals surface area contributed by atoms with E-state index in [1.54, 1.807) is 17.0 Å². The van der Waals surface area contributed by atoms with E-state index < -0.39 is 23.8 Å². The van der Waals surface area contributed by atoms with Crippen LogP contribution in [-0.4, -0.2) is 42.4 Å². The molecular weight excluding hydrogens is 290 g/mol. The van der Waals surface area contributed by atoms with E-state index in [-0.39, 0.29) is 18.8 Å². The molecule has 3 heterocycles. The molecule has 1 fully saturated rings. The van der Waals surface area contributed by atoms with Crippen molar-refractivity contribution in [1.82, 2.24) is 4.90 Å². The minimum Gasteiger partial charge on any atom is -0.543 e. The van der Waals surface area contributed by atoms with Gasteiger partial charge >= 0.3 is 0 Å². The Bertz CT molecular complexity index is 660. The molecule has 22 heavy (non-hydrogen) atoms. The molecule has 0 saturated carbocycles. The molecule has 2 atom stereocenters. The van der Waals surface area contributed by atoms with Gasteiger partial charge in [0, 0.05) is 24.8 Å². The number of hydrogen-bond donors (Lipinski definition) is 1. The van der Waals surface area contributed by atoms with Crippen LogP contribution in [0.2, 0.25) is 0 Å². The Morgan fingerprint density at radius 1 is 1.55 bits per heavy atom. The Hall–Kier alpha value is -2.29. The number of methoxy groups -OCH3 is 1. The second-order valence-electron chi connectivity index (χ2n) is 5.12. The lowest BCUT2D eigenvalue weighted by molar-refractivity contribution is -0.689. The Morgan fingerprint density at radius 3 is 2.82 bits per heavy atom. The second kappa shape index (κ2) is 5.16. The molecule has 1 aromatic rings. The number of β-lactam (4-membered cyclic amide) rings is 1. The van der Waals surface area contributed by atoms with Crippen molar-refractivity contribution in [3.05, 3.63) is 41.9 Å². The highest BCUT2D eigenvalue weighted by molar-refractivity contribution is 6.00. The molecular formula is C14H15N3O5. The molecule has 0 radical (unpaired) electrons. The number of carbonyl (C=O) groups is 2. The quantitative estimate of drug-likeness (QED) is 0.373. The van der Waals surface area contributed by atoms with Gasteiger partial charge in [-0.25, -0.2) is 4.57 Å². The largest absolute Gasteiger partial charge is 0.543 e. The topological polar surface area (TPSA) is 109 Å². The van der Waals surface area contributed by atoms with Crippen LogP contribution in [0.15, 0.2) is 41.9 Å². The number of rotatable bonds is 4. The minimum absolute atomic E-state index is 0.0297. The Balaban J connectivity index is 1.95. The van der Waals surface area contributed by atoms with Gasteiger partial charge in [-0.1, -0.05) is 6.07 Å².